The van der Waals surface area contributed by atoms with E-state index in [2.05, 4.69) is 10.1 Å². The van der Waals surface area contributed by atoms with Crippen LogP contribution in [0.1, 0.15) is 36.2 Å². The molecule has 98 valence electrons. The summed E-state index contributed by atoms with van der Waals surface area (Å²) < 4.78 is 4.61. The maximum absolute atomic E-state index is 11.5. The smallest absolute Gasteiger partial charge is 0.337 e. The van der Waals surface area contributed by atoms with Gasteiger partial charge in [0.25, 0.3) is 0 Å². The van der Waals surface area contributed by atoms with Crippen LogP contribution in [0.2, 0.25) is 0 Å². The van der Waals surface area contributed by atoms with Gasteiger partial charge in [0.05, 0.1) is 12.7 Å². The number of carbonyl (C=O) groups excluding carboxylic acids is 2. The fraction of sp³-hybridized carbons (Fsp3) is 0.429. The normalized spacial score (nSPS) is 10.2. The molecule has 0 fully saturated rings. The number of carbonyl (C=O) groups is 2. The largest absolute Gasteiger partial charge is 0.465 e. The predicted molar refractivity (Wildman–Crippen MR) is 69.1 cm³/mol. The molecule has 0 atom stereocenters. The predicted octanol–water partition coefficient (Wildman–Crippen LogP) is 2.14. The van der Waals surface area contributed by atoms with Crippen LogP contribution in [-0.2, 0) is 16.1 Å². The van der Waals surface area contributed by atoms with Crippen LogP contribution in [0.15, 0.2) is 24.3 Å². The van der Waals surface area contributed by atoms with Gasteiger partial charge in [0.15, 0.2) is 0 Å². The van der Waals surface area contributed by atoms with Crippen LogP contribution in [0.25, 0.3) is 0 Å². The van der Waals surface area contributed by atoms with Crippen molar-refractivity contribution < 1.29 is 14.3 Å². The SMILES string of the molecule is COC(=O)c1ccc(CNC(=O)CC(C)C)cc1. The van der Waals surface area contributed by atoms with Crippen LogP contribution in [0.4, 0.5) is 0 Å². The van der Waals surface area contributed by atoms with Gasteiger partial charge in [0.1, 0.15) is 0 Å². The van der Waals surface area contributed by atoms with Crippen molar-refractivity contribution in [1.82, 2.24) is 5.32 Å². The third kappa shape index (κ3) is 4.57. The number of hydrogen-bond acceptors (Lipinski definition) is 3. The molecule has 0 aliphatic heterocycles. The molecule has 0 heterocycles. The van der Waals surface area contributed by atoms with E-state index >= 15 is 0 Å². The minimum absolute atomic E-state index is 0.0436. The molecule has 0 saturated carbocycles. The molecular weight excluding hydrogens is 230 g/mol. The summed E-state index contributed by atoms with van der Waals surface area (Å²) in [6, 6.07) is 7.00. The van der Waals surface area contributed by atoms with Gasteiger partial charge in [0, 0.05) is 13.0 Å². The van der Waals surface area contributed by atoms with E-state index in [1.165, 1.54) is 7.11 Å². The van der Waals surface area contributed by atoms with E-state index in [-0.39, 0.29) is 11.9 Å². The van der Waals surface area contributed by atoms with Crippen LogP contribution in [0, 0.1) is 5.92 Å². The molecule has 18 heavy (non-hydrogen) atoms. The van der Waals surface area contributed by atoms with Crippen molar-refractivity contribution in [1.29, 1.82) is 0 Å². The van der Waals surface area contributed by atoms with E-state index in [1.54, 1.807) is 12.1 Å². The maximum Gasteiger partial charge on any atom is 0.337 e. The van der Waals surface area contributed by atoms with Crippen molar-refractivity contribution in [3.8, 4) is 0 Å². The highest BCUT2D eigenvalue weighted by Crippen LogP contribution is 2.06. The molecule has 1 N–H and O–H groups in total. The summed E-state index contributed by atoms with van der Waals surface area (Å²) in [7, 11) is 1.35. The van der Waals surface area contributed by atoms with Crippen molar-refractivity contribution in [2.75, 3.05) is 7.11 Å². The highest BCUT2D eigenvalue weighted by molar-refractivity contribution is 5.89. The number of benzene rings is 1. The molecule has 1 aromatic rings. The van der Waals surface area contributed by atoms with Gasteiger partial charge in [0.2, 0.25) is 5.91 Å². The molecule has 0 aliphatic rings. The van der Waals surface area contributed by atoms with Crippen LogP contribution >= 0.6 is 0 Å². The molecule has 0 aliphatic carbocycles. The number of nitrogens with one attached hydrogen (secondary N) is 1. The molecule has 0 unspecified atom stereocenters. The maximum atomic E-state index is 11.5. The Balaban J connectivity index is 2.49. The number of hydrogen-bond donors (Lipinski definition) is 1. The summed E-state index contributed by atoms with van der Waals surface area (Å²) >= 11 is 0. The second kappa shape index (κ2) is 6.79. The summed E-state index contributed by atoms with van der Waals surface area (Å²) in [6.07, 6.45) is 0.528. The van der Waals surface area contributed by atoms with Crippen molar-refractivity contribution in [2.45, 2.75) is 26.8 Å². The molecule has 1 aromatic carbocycles. The third-order valence-corrected chi connectivity index (χ3v) is 2.46. The number of ether oxygens (including phenoxy) is 1. The molecule has 0 saturated heterocycles. The zero-order chi connectivity index (χ0) is 13.5. The first-order chi connectivity index (χ1) is 8.52. The highest BCUT2D eigenvalue weighted by atomic mass is 16.5. The quantitative estimate of drug-likeness (QED) is 0.813. The zero-order valence-corrected chi connectivity index (χ0v) is 11.0. The van der Waals surface area contributed by atoms with E-state index in [1.807, 2.05) is 26.0 Å². The average Bonchev–Trinajstić information content (AvgIpc) is 2.35. The molecule has 0 aromatic heterocycles. The van der Waals surface area contributed by atoms with Crippen LogP contribution in [0.3, 0.4) is 0 Å². The molecule has 0 radical (unpaired) electrons. The molecular formula is C14H19NO3. The first-order valence-corrected chi connectivity index (χ1v) is 5.97. The van der Waals surface area contributed by atoms with Crippen molar-refractivity contribution in [3.05, 3.63) is 35.4 Å². The highest BCUT2D eigenvalue weighted by Gasteiger charge is 2.06. The topological polar surface area (TPSA) is 55.4 Å². The standard InChI is InChI=1S/C14H19NO3/c1-10(2)8-13(16)15-9-11-4-6-12(7-5-11)14(17)18-3/h4-7,10H,8-9H2,1-3H3,(H,15,16). The Bertz CT molecular complexity index is 410. The summed E-state index contributed by atoms with van der Waals surface area (Å²) in [4.78, 5) is 22.7. The first-order valence-electron chi connectivity index (χ1n) is 5.97. The van der Waals surface area contributed by atoms with Crippen LogP contribution < -0.4 is 5.32 Å². The average molecular weight is 249 g/mol. The van der Waals surface area contributed by atoms with Gasteiger partial charge in [-0.15, -0.1) is 0 Å². The van der Waals surface area contributed by atoms with Gasteiger partial charge in [-0.3, -0.25) is 4.79 Å². The molecule has 0 bridgehead atoms. The molecule has 0 spiro atoms. The van der Waals surface area contributed by atoms with Gasteiger partial charge >= 0.3 is 5.97 Å². The van der Waals surface area contributed by atoms with Crippen molar-refractivity contribution in [2.24, 2.45) is 5.92 Å². The van der Waals surface area contributed by atoms with Crippen molar-refractivity contribution >= 4 is 11.9 Å². The Labute approximate surface area is 107 Å². The number of rotatable bonds is 5. The summed E-state index contributed by atoms with van der Waals surface area (Å²) in [5, 5.41) is 2.84. The first kappa shape index (κ1) is 14.2. The van der Waals surface area contributed by atoms with E-state index in [0.29, 0.717) is 24.4 Å². The fourth-order valence-corrected chi connectivity index (χ4v) is 1.52. The summed E-state index contributed by atoms with van der Waals surface area (Å²) in [5.41, 5.74) is 1.47. The van der Waals surface area contributed by atoms with Crippen LogP contribution in [-0.4, -0.2) is 19.0 Å². The minimum Gasteiger partial charge on any atom is -0.465 e. The Morgan fingerprint density at radius 1 is 1.22 bits per heavy atom. The van der Waals surface area contributed by atoms with Gasteiger partial charge in [-0.1, -0.05) is 26.0 Å². The second-order valence-corrected chi connectivity index (χ2v) is 4.56. The Kier molecular flexibility index (Phi) is 5.36. The van der Waals surface area contributed by atoms with Crippen molar-refractivity contribution in [3.63, 3.8) is 0 Å². The van der Waals surface area contributed by atoms with Crippen LogP contribution in [0.5, 0.6) is 0 Å². The number of amides is 1. The van der Waals surface area contributed by atoms with Gasteiger partial charge in [-0.25, -0.2) is 4.79 Å². The molecule has 1 rings (SSSR count). The lowest BCUT2D eigenvalue weighted by atomic mass is 10.1. The second-order valence-electron chi connectivity index (χ2n) is 4.56. The molecule has 4 heteroatoms. The Morgan fingerprint density at radius 3 is 2.33 bits per heavy atom. The summed E-state index contributed by atoms with van der Waals surface area (Å²) in [6.45, 7) is 4.49. The Hall–Kier alpha value is -1.84. The number of esters is 1. The Morgan fingerprint density at radius 2 is 1.83 bits per heavy atom. The van der Waals surface area contributed by atoms with Gasteiger partial charge < -0.3 is 10.1 Å². The van der Waals surface area contributed by atoms with Gasteiger partial charge in [-0.2, -0.15) is 0 Å². The lowest BCUT2D eigenvalue weighted by molar-refractivity contribution is -0.121. The molecule has 4 nitrogen and oxygen atoms in total. The lowest BCUT2D eigenvalue weighted by Gasteiger charge is -2.07. The molecule has 1 amide bonds. The number of methoxy groups -OCH3 is 1. The van der Waals surface area contributed by atoms with Gasteiger partial charge in [-0.05, 0) is 23.6 Å². The van der Waals surface area contributed by atoms with E-state index in [0.717, 1.165) is 5.56 Å². The van der Waals surface area contributed by atoms with E-state index in [4.69, 9.17) is 0 Å². The fourth-order valence-electron chi connectivity index (χ4n) is 1.52. The monoisotopic (exact) mass is 249 g/mol. The minimum atomic E-state index is -0.356. The zero-order valence-electron chi connectivity index (χ0n) is 11.0. The van der Waals surface area contributed by atoms with E-state index < -0.39 is 0 Å². The lowest BCUT2D eigenvalue weighted by Crippen LogP contribution is -2.23. The third-order valence-electron chi connectivity index (χ3n) is 2.46. The summed E-state index contributed by atoms with van der Waals surface area (Å²) in [5.74, 6) is 0.0409. The van der Waals surface area contributed by atoms with E-state index in [9.17, 15) is 9.59 Å².